The molecule has 0 aromatic heterocycles. The number of amides is 4. The fourth-order valence-electron chi connectivity index (χ4n) is 3.64. The maximum absolute atomic E-state index is 13.7. The van der Waals surface area contributed by atoms with Crippen LogP contribution in [0.4, 0.5) is 20.6 Å². The average Bonchev–Trinajstić information content (AvgIpc) is 3.24. The van der Waals surface area contributed by atoms with Crippen LogP contribution >= 0.6 is 23.4 Å². The summed E-state index contributed by atoms with van der Waals surface area (Å²) in [4.78, 5) is 41.5. The van der Waals surface area contributed by atoms with Crippen LogP contribution in [0.25, 0.3) is 0 Å². The molecule has 7 nitrogen and oxygen atoms in total. The molecule has 32 heavy (non-hydrogen) atoms. The lowest BCUT2D eigenvalue weighted by Gasteiger charge is -2.40. The quantitative estimate of drug-likeness (QED) is 0.701. The molecule has 2 aliphatic rings. The number of methoxy groups -OCH3 is 1. The molecule has 2 unspecified atom stereocenters. The van der Waals surface area contributed by atoms with Crippen molar-refractivity contribution in [3.8, 4) is 5.75 Å². The second-order valence-electron chi connectivity index (χ2n) is 7.29. The highest BCUT2D eigenvalue weighted by molar-refractivity contribution is 8.03. The lowest BCUT2D eigenvalue weighted by molar-refractivity contribution is -0.121. The minimum absolute atomic E-state index is 0.256. The van der Waals surface area contributed by atoms with Gasteiger partial charge in [0.05, 0.1) is 24.5 Å². The van der Waals surface area contributed by atoms with Crippen LogP contribution < -0.4 is 15.0 Å². The molecule has 2 atom stereocenters. The molecule has 2 aromatic carbocycles. The van der Waals surface area contributed by atoms with Gasteiger partial charge in [-0.3, -0.25) is 9.59 Å². The van der Waals surface area contributed by atoms with E-state index in [1.807, 2.05) is 0 Å². The van der Waals surface area contributed by atoms with Gasteiger partial charge >= 0.3 is 6.03 Å². The first-order valence-electron chi connectivity index (χ1n) is 9.66. The zero-order valence-corrected chi connectivity index (χ0v) is 18.7. The Morgan fingerprint density at radius 1 is 1.25 bits per heavy atom. The highest BCUT2D eigenvalue weighted by Crippen LogP contribution is 2.37. The van der Waals surface area contributed by atoms with Crippen LogP contribution in [0.5, 0.6) is 5.75 Å². The predicted octanol–water partition coefficient (Wildman–Crippen LogP) is 4.20. The summed E-state index contributed by atoms with van der Waals surface area (Å²) in [5.74, 6) is -0.908. The van der Waals surface area contributed by atoms with E-state index in [2.05, 4.69) is 5.32 Å². The molecule has 2 heterocycles. The Labute approximate surface area is 193 Å². The van der Waals surface area contributed by atoms with E-state index in [9.17, 15) is 18.8 Å². The highest BCUT2D eigenvalue weighted by atomic mass is 35.5. The summed E-state index contributed by atoms with van der Waals surface area (Å²) in [5, 5.41) is 4.27. The summed E-state index contributed by atoms with van der Waals surface area (Å²) < 4.78 is 19.0. The van der Waals surface area contributed by atoms with Gasteiger partial charge in [-0.25, -0.2) is 14.1 Å². The molecule has 10 heteroatoms. The molecular weight excluding hydrogens is 457 g/mol. The van der Waals surface area contributed by atoms with Gasteiger partial charge in [0, 0.05) is 5.02 Å². The van der Waals surface area contributed by atoms with Crippen molar-refractivity contribution in [3.63, 3.8) is 0 Å². The van der Waals surface area contributed by atoms with Gasteiger partial charge in [-0.1, -0.05) is 17.7 Å². The molecule has 0 bridgehead atoms. The number of rotatable bonds is 5. The Morgan fingerprint density at radius 3 is 2.75 bits per heavy atom. The van der Waals surface area contributed by atoms with E-state index in [4.69, 9.17) is 16.3 Å². The maximum Gasteiger partial charge on any atom is 0.332 e. The van der Waals surface area contributed by atoms with Crippen molar-refractivity contribution in [3.05, 3.63) is 64.3 Å². The molecule has 4 rings (SSSR count). The third-order valence-corrected chi connectivity index (χ3v) is 6.54. The summed E-state index contributed by atoms with van der Waals surface area (Å²) in [7, 11) is 1.46. The summed E-state index contributed by atoms with van der Waals surface area (Å²) in [6, 6.07) is 7.60. The first-order chi connectivity index (χ1) is 15.3. The summed E-state index contributed by atoms with van der Waals surface area (Å²) >= 11 is 7.29. The summed E-state index contributed by atoms with van der Waals surface area (Å²) in [6.07, 6.45) is 1.73. The number of nitrogens with one attached hydrogen (secondary N) is 1. The van der Waals surface area contributed by atoms with Crippen molar-refractivity contribution in [2.75, 3.05) is 23.9 Å². The van der Waals surface area contributed by atoms with Gasteiger partial charge in [-0.2, -0.15) is 0 Å². The van der Waals surface area contributed by atoms with E-state index < -0.39 is 35.0 Å². The Kier molecular flexibility index (Phi) is 6.12. The highest BCUT2D eigenvalue weighted by Gasteiger charge is 2.48. The van der Waals surface area contributed by atoms with Crippen LogP contribution in [0.2, 0.25) is 5.02 Å². The molecule has 166 valence electrons. The van der Waals surface area contributed by atoms with Gasteiger partial charge in [0.15, 0.2) is 0 Å². The van der Waals surface area contributed by atoms with Crippen molar-refractivity contribution in [2.45, 2.75) is 18.2 Å². The van der Waals surface area contributed by atoms with E-state index in [0.717, 1.165) is 4.90 Å². The van der Waals surface area contributed by atoms with Crippen molar-refractivity contribution in [1.82, 2.24) is 4.90 Å². The third-order valence-electron chi connectivity index (χ3n) is 5.22. The third kappa shape index (κ3) is 4.05. The molecule has 0 saturated carbocycles. The van der Waals surface area contributed by atoms with Crippen molar-refractivity contribution >= 4 is 52.6 Å². The van der Waals surface area contributed by atoms with Gasteiger partial charge in [0.25, 0.3) is 5.91 Å². The topological polar surface area (TPSA) is 79.0 Å². The first-order valence-corrected chi connectivity index (χ1v) is 11.0. The number of urea groups is 1. The van der Waals surface area contributed by atoms with Crippen LogP contribution in [0, 0.1) is 12.7 Å². The Hall–Kier alpha value is -3.04. The van der Waals surface area contributed by atoms with Gasteiger partial charge in [0.2, 0.25) is 5.91 Å². The van der Waals surface area contributed by atoms with Gasteiger partial charge in [-0.15, -0.1) is 11.8 Å². The molecular formula is C22H19ClFN3O4S. The number of imide groups is 1. The summed E-state index contributed by atoms with van der Waals surface area (Å²) in [5.41, 5.74) is 0.927. The molecule has 2 aliphatic heterocycles. The van der Waals surface area contributed by atoms with Gasteiger partial charge in [-0.05, 0) is 54.3 Å². The van der Waals surface area contributed by atoms with Crippen molar-refractivity contribution < 1.29 is 23.5 Å². The number of benzene rings is 2. The van der Waals surface area contributed by atoms with Crippen LogP contribution in [0.3, 0.4) is 0 Å². The number of nitrogens with zero attached hydrogens (tertiary/aromatic N) is 2. The molecule has 1 fully saturated rings. The number of anilines is 2. The number of ether oxygens (including phenoxy) is 1. The number of halogens is 2. The van der Waals surface area contributed by atoms with Crippen LogP contribution in [0.15, 0.2) is 47.9 Å². The Bertz CT molecular complexity index is 1140. The molecule has 1 saturated heterocycles. The molecule has 2 aromatic rings. The number of hydrogen-bond donors (Lipinski definition) is 1. The van der Waals surface area contributed by atoms with Crippen LogP contribution in [-0.4, -0.2) is 47.7 Å². The van der Waals surface area contributed by atoms with Crippen LogP contribution in [0.1, 0.15) is 5.56 Å². The van der Waals surface area contributed by atoms with E-state index >= 15 is 0 Å². The first kappa shape index (κ1) is 22.2. The maximum atomic E-state index is 13.7. The molecule has 0 radical (unpaired) electrons. The minimum Gasteiger partial charge on any atom is -0.495 e. The lowest BCUT2D eigenvalue weighted by atomic mass is 10.1. The summed E-state index contributed by atoms with van der Waals surface area (Å²) in [6.45, 7) is 1.25. The smallest absolute Gasteiger partial charge is 0.332 e. The van der Waals surface area contributed by atoms with Crippen molar-refractivity contribution in [1.29, 1.82) is 0 Å². The number of carbonyl (C=O) groups excluding carboxylic acids is 3. The van der Waals surface area contributed by atoms with Gasteiger partial charge < -0.3 is 15.0 Å². The van der Waals surface area contributed by atoms with E-state index in [1.54, 1.807) is 36.6 Å². The van der Waals surface area contributed by atoms with Crippen LogP contribution in [-0.2, 0) is 9.59 Å². The van der Waals surface area contributed by atoms with E-state index in [1.165, 1.54) is 42.0 Å². The van der Waals surface area contributed by atoms with E-state index in [0.29, 0.717) is 22.0 Å². The Balaban J connectivity index is 1.61. The van der Waals surface area contributed by atoms with Gasteiger partial charge in [0.1, 0.15) is 23.4 Å². The molecule has 0 aliphatic carbocycles. The number of carbonyl (C=O) groups is 3. The van der Waals surface area contributed by atoms with Crippen molar-refractivity contribution in [2.24, 2.45) is 0 Å². The second kappa shape index (κ2) is 8.84. The molecule has 0 spiro atoms. The standard InChI is InChI=1S/C22H19ClFN3O4S/c1-12-9-14(4-5-15(12)24)27-21(29)20-17(7-8-32-20)26(22(27)30)11-19(28)25-16-10-13(23)3-6-18(16)31-2/h3-10,17,20H,11H2,1-2H3,(H,25,28). The fraction of sp³-hybridized carbons (Fsp3) is 0.227. The second-order valence-corrected chi connectivity index (χ2v) is 8.77. The number of aryl methyl sites for hydroxylation is 1. The average molecular weight is 476 g/mol. The zero-order chi connectivity index (χ0) is 23.0. The lowest BCUT2D eigenvalue weighted by Crippen LogP contribution is -2.63. The molecule has 1 N–H and O–H groups in total. The minimum atomic E-state index is -0.650. The Morgan fingerprint density at radius 2 is 2.03 bits per heavy atom. The SMILES string of the molecule is COc1ccc(Cl)cc1NC(=O)CN1C(=O)N(c2ccc(F)c(C)c2)C(=O)C2SC=CC21. The number of fused-ring (bicyclic) bond motifs is 1. The monoisotopic (exact) mass is 475 g/mol. The number of thioether (sulfide) groups is 1. The predicted molar refractivity (Wildman–Crippen MR) is 122 cm³/mol. The largest absolute Gasteiger partial charge is 0.495 e. The van der Waals surface area contributed by atoms with E-state index in [-0.39, 0.29) is 12.2 Å². The molecule has 4 amide bonds. The normalized spacial score (nSPS) is 19.9. The fourth-order valence-corrected chi connectivity index (χ4v) is 4.86. The number of hydrogen-bond acceptors (Lipinski definition) is 5. The zero-order valence-electron chi connectivity index (χ0n) is 17.2.